The van der Waals surface area contributed by atoms with E-state index in [2.05, 4.69) is 0 Å². The Kier molecular flexibility index (Phi) is 12.8. The SMILES string of the molecule is COC(=O)c1ccc(OCCCCCCCCCCOc2ccc(C(=O)OCc3ccccc3)cc2)cc1. The highest BCUT2D eigenvalue weighted by Crippen LogP contribution is 2.16. The second-order valence-corrected chi connectivity index (χ2v) is 9.13. The zero-order valence-corrected chi connectivity index (χ0v) is 22.2. The molecule has 6 nitrogen and oxygen atoms in total. The summed E-state index contributed by atoms with van der Waals surface area (Å²) in [5.74, 6) is 0.873. The molecule has 0 spiro atoms. The summed E-state index contributed by atoms with van der Waals surface area (Å²) in [6.07, 6.45) is 9.22. The van der Waals surface area contributed by atoms with Crippen LogP contribution in [0.15, 0.2) is 78.9 Å². The van der Waals surface area contributed by atoms with Gasteiger partial charge in [-0.15, -0.1) is 0 Å². The lowest BCUT2D eigenvalue weighted by molar-refractivity contribution is 0.0472. The van der Waals surface area contributed by atoms with Crippen LogP contribution in [-0.2, 0) is 16.1 Å². The Hall–Kier alpha value is -3.80. The molecule has 3 aromatic carbocycles. The van der Waals surface area contributed by atoms with Crippen LogP contribution in [0, 0.1) is 0 Å². The third-order valence-corrected chi connectivity index (χ3v) is 6.15. The number of hydrogen-bond acceptors (Lipinski definition) is 6. The van der Waals surface area contributed by atoms with Crippen molar-refractivity contribution in [1.82, 2.24) is 0 Å². The molecule has 0 amide bonds. The number of carbonyl (C=O) groups is 2. The van der Waals surface area contributed by atoms with Crippen LogP contribution in [0.2, 0.25) is 0 Å². The molecule has 0 bridgehead atoms. The van der Waals surface area contributed by atoms with Crippen LogP contribution in [0.25, 0.3) is 0 Å². The Morgan fingerprint density at radius 3 is 1.47 bits per heavy atom. The molecular formula is C32H38O6. The van der Waals surface area contributed by atoms with Crippen molar-refractivity contribution in [1.29, 1.82) is 0 Å². The van der Waals surface area contributed by atoms with Gasteiger partial charge in [-0.2, -0.15) is 0 Å². The highest BCUT2D eigenvalue weighted by Gasteiger charge is 2.08. The van der Waals surface area contributed by atoms with Gasteiger partial charge >= 0.3 is 11.9 Å². The largest absolute Gasteiger partial charge is 0.494 e. The maximum absolute atomic E-state index is 12.2. The van der Waals surface area contributed by atoms with Gasteiger partial charge in [-0.1, -0.05) is 68.9 Å². The Balaban J connectivity index is 1.14. The Labute approximate surface area is 225 Å². The Morgan fingerprint density at radius 2 is 1.00 bits per heavy atom. The summed E-state index contributed by atoms with van der Waals surface area (Å²) in [7, 11) is 1.37. The van der Waals surface area contributed by atoms with Crippen LogP contribution in [0.3, 0.4) is 0 Å². The molecule has 0 unspecified atom stereocenters. The molecule has 0 aliphatic carbocycles. The first kappa shape index (κ1) is 28.8. The third kappa shape index (κ3) is 10.7. The molecule has 6 heteroatoms. The molecule has 3 rings (SSSR count). The van der Waals surface area contributed by atoms with Crippen molar-refractivity contribution < 1.29 is 28.5 Å². The minimum atomic E-state index is -0.339. The minimum Gasteiger partial charge on any atom is -0.494 e. The van der Waals surface area contributed by atoms with Crippen molar-refractivity contribution in [3.63, 3.8) is 0 Å². The number of carbonyl (C=O) groups excluding carboxylic acids is 2. The van der Waals surface area contributed by atoms with E-state index in [-0.39, 0.29) is 18.5 Å². The van der Waals surface area contributed by atoms with Gasteiger partial charge in [0.2, 0.25) is 0 Å². The smallest absolute Gasteiger partial charge is 0.338 e. The summed E-state index contributed by atoms with van der Waals surface area (Å²) in [6, 6.07) is 23.8. The van der Waals surface area contributed by atoms with E-state index in [0.29, 0.717) is 24.3 Å². The van der Waals surface area contributed by atoms with Crippen LogP contribution >= 0.6 is 0 Å². The first-order valence-corrected chi connectivity index (χ1v) is 13.4. The first-order chi connectivity index (χ1) is 18.7. The number of unbranched alkanes of at least 4 members (excludes halogenated alkanes) is 7. The maximum Gasteiger partial charge on any atom is 0.338 e. The van der Waals surface area contributed by atoms with E-state index in [0.717, 1.165) is 42.7 Å². The lowest BCUT2D eigenvalue weighted by atomic mass is 10.1. The standard InChI is InChI=1S/C32H38O6/c1-35-31(33)27-15-19-29(20-16-27)36-23-11-6-4-2-3-5-7-12-24-37-30-21-17-28(18-22-30)32(34)38-25-26-13-9-8-10-14-26/h8-10,13-22H,2-7,11-12,23-25H2,1H3. The van der Waals surface area contributed by atoms with E-state index >= 15 is 0 Å². The molecule has 0 N–H and O–H groups in total. The molecule has 0 fully saturated rings. The van der Waals surface area contributed by atoms with E-state index in [1.54, 1.807) is 36.4 Å². The molecule has 38 heavy (non-hydrogen) atoms. The van der Waals surface area contributed by atoms with Gasteiger partial charge in [0.05, 0.1) is 31.5 Å². The van der Waals surface area contributed by atoms with E-state index in [4.69, 9.17) is 18.9 Å². The van der Waals surface area contributed by atoms with Crippen molar-refractivity contribution in [2.45, 2.75) is 58.0 Å². The number of rotatable bonds is 17. The fraction of sp³-hybridized carbons (Fsp3) is 0.375. The number of hydrogen-bond donors (Lipinski definition) is 0. The monoisotopic (exact) mass is 518 g/mol. The molecule has 0 heterocycles. The van der Waals surface area contributed by atoms with E-state index in [1.165, 1.54) is 32.8 Å². The molecule has 0 saturated heterocycles. The van der Waals surface area contributed by atoms with Crippen molar-refractivity contribution in [3.8, 4) is 11.5 Å². The quantitative estimate of drug-likeness (QED) is 0.137. The predicted octanol–water partition coefficient (Wildman–Crippen LogP) is 7.41. The second kappa shape index (κ2) is 16.8. The summed E-state index contributed by atoms with van der Waals surface area (Å²) in [6.45, 7) is 1.63. The molecule has 0 saturated carbocycles. The van der Waals surface area contributed by atoms with Gasteiger partial charge in [-0.25, -0.2) is 9.59 Å². The van der Waals surface area contributed by atoms with Crippen molar-refractivity contribution in [2.75, 3.05) is 20.3 Å². The highest BCUT2D eigenvalue weighted by molar-refractivity contribution is 5.89. The maximum atomic E-state index is 12.2. The summed E-state index contributed by atoms with van der Waals surface area (Å²) in [5, 5.41) is 0. The van der Waals surface area contributed by atoms with Crippen LogP contribution in [0.5, 0.6) is 11.5 Å². The Bertz CT molecular complexity index is 1080. The van der Waals surface area contributed by atoms with E-state index in [9.17, 15) is 9.59 Å². The van der Waals surface area contributed by atoms with Crippen molar-refractivity contribution >= 4 is 11.9 Å². The fourth-order valence-corrected chi connectivity index (χ4v) is 3.94. The van der Waals surface area contributed by atoms with Crippen LogP contribution in [0.1, 0.15) is 77.6 Å². The summed E-state index contributed by atoms with van der Waals surface area (Å²) in [4.78, 5) is 23.6. The normalized spacial score (nSPS) is 10.6. The van der Waals surface area contributed by atoms with Gasteiger partial charge in [0, 0.05) is 0 Å². The number of benzene rings is 3. The van der Waals surface area contributed by atoms with Crippen molar-refractivity contribution in [2.24, 2.45) is 0 Å². The van der Waals surface area contributed by atoms with Crippen LogP contribution in [0.4, 0.5) is 0 Å². The molecule has 0 aliphatic heterocycles. The zero-order valence-electron chi connectivity index (χ0n) is 22.2. The van der Waals surface area contributed by atoms with E-state index < -0.39 is 0 Å². The first-order valence-electron chi connectivity index (χ1n) is 13.4. The topological polar surface area (TPSA) is 71.1 Å². The van der Waals surface area contributed by atoms with Crippen LogP contribution in [-0.4, -0.2) is 32.3 Å². The molecular weight excluding hydrogens is 480 g/mol. The van der Waals surface area contributed by atoms with Crippen LogP contribution < -0.4 is 9.47 Å². The summed E-state index contributed by atoms with van der Waals surface area (Å²) >= 11 is 0. The number of ether oxygens (including phenoxy) is 4. The fourth-order valence-electron chi connectivity index (χ4n) is 3.94. The van der Waals surface area contributed by atoms with Crippen molar-refractivity contribution in [3.05, 3.63) is 95.6 Å². The molecule has 0 radical (unpaired) electrons. The summed E-state index contributed by atoms with van der Waals surface area (Å²) in [5.41, 5.74) is 2.01. The average Bonchev–Trinajstić information content (AvgIpc) is 2.97. The summed E-state index contributed by atoms with van der Waals surface area (Å²) < 4.78 is 21.6. The van der Waals surface area contributed by atoms with Gasteiger partial charge in [0.25, 0.3) is 0 Å². The number of esters is 2. The van der Waals surface area contributed by atoms with E-state index in [1.807, 2.05) is 42.5 Å². The molecule has 0 aromatic heterocycles. The molecule has 3 aromatic rings. The molecule has 0 atom stereocenters. The van der Waals surface area contributed by atoms with Gasteiger partial charge < -0.3 is 18.9 Å². The Morgan fingerprint density at radius 1 is 0.553 bits per heavy atom. The average molecular weight is 519 g/mol. The molecule has 0 aliphatic rings. The zero-order chi connectivity index (χ0) is 26.8. The highest BCUT2D eigenvalue weighted by atomic mass is 16.5. The lowest BCUT2D eigenvalue weighted by Gasteiger charge is -2.08. The minimum absolute atomic E-state index is 0.266. The third-order valence-electron chi connectivity index (χ3n) is 6.15. The van der Waals surface area contributed by atoms with Gasteiger partial charge in [-0.05, 0) is 66.9 Å². The van der Waals surface area contributed by atoms with Gasteiger partial charge in [-0.3, -0.25) is 0 Å². The van der Waals surface area contributed by atoms with Gasteiger partial charge in [0.15, 0.2) is 0 Å². The van der Waals surface area contributed by atoms with Gasteiger partial charge in [0.1, 0.15) is 18.1 Å². The lowest BCUT2D eigenvalue weighted by Crippen LogP contribution is -2.05. The molecule has 202 valence electrons. The second-order valence-electron chi connectivity index (χ2n) is 9.13. The number of methoxy groups -OCH3 is 1. The predicted molar refractivity (Wildman–Crippen MR) is 148 cm³/mol.